The van der Waals surface area contributed by atoms with Crippen molar-refractivity contribution >= 4 is 12.1 Å². The molecular weight excluding hydrogens is 453 g/mol. The summed E-state index contributed by atoms with van der Waals surface area (Å²) in [6.07, 6.45) is -1.96. The van der Waals surface area contributed by atoms with E-state index >= 15 is 4.39 Å². The Morgan fingerprint density at radius 1 is 1.20 bits per heavy atom. The summed E-state index contributed by atoms with van der Waals surface area (Å²) in [7, 11) is 0. The summed E-state index contributed by atoms with van der Waals surface area (Å²) in [6, 6.07) is 12.2. The summed E-state index contributed by atoms with van der Waals surface area (Å²) in [4.78, 5) is 26.4. The normalized spacial score (nSPS) is 17.1. The highest BCUT2D eigenvalue weighted by Crippen LogP contribution is 2.36. The number of amides is 1. The molecule has 0 aliphatic carbocycles. The molecule has 1 aliphatic rings. The van der Waals surface area contributed by atoms with Gasteiger partial charge in [0.1, 0.15) is 30.2 Å². The van der Waals surface area contributed by atoms with Gasteiger partial charge in [-0.2, -0.15) is 0 Å². The first-order chi connectivity index (χ1) is 16.6. The van der Waals surface area contributed by atoms with Crippen LogP contribution >= 0.6 is 0 Å². The fourth-order valence-corrected chi connectivity index (χ4v) is 3.99. The molecule has 1 fully saturated rings. The topological polar surface area (TPSA) is 74.3 Å². The summed E-state index contributed by atoms with van der Waals surface area (Å²) in [5.41, 5.74) is 1.90. The minimum absolute atomic E-state index is 0.159. The molecular formula is C27H34FNO6. The van der Waals surface area contributed by atoms with Crippen LogP contribution in [0.2, 0.25) is 0 Å². The van der Waals surface area contributed by atoms with Gasteiger partial charge in [-0.1, -0.05) is 42.0 Å². The lowest BCUT2D eigenvalue weighted by Gasteiger charge is -2.38. The van der Waals surface area contributed by atoms with E-state index in [-0.39, 0.29) is 26.4 Å². The molecule has 2 aromatic rings. The molecule has 2 aromatic carbocycles. The maximum absolute atomic E-state index is 15.2. The summed E-state index contributed by atoms with van der Waals surface area (Å²) in [6.45, 7) is 9.68. The number of hydrogen-bond acceptors (Lipinski definition) is 6. The first kappa shape index (κ1) is 26.6. The predicted octanol–water partition coefficient (Wildman–Crippen LogP) is 5.06. The van der Waals surface area contributed by atoms with Gasteiger partial charge in [0.15, 0.2) is 0 Å². The minimum Gasteiger partial charge on any atom is -0.464 e. The zero-order valence-electron chi connectivity index (χ0n) is 21.0. The van der Waals surface area contributed by atoms with Gasteiger partial charge in [0.2, 0.25) is 0 Å². The van der Waals surface area contributed by atoms with Crippen molar-refractivity contribution in [3.63, 3.8) is 0 Å². The van der Waals surface area contributed by atoms with Crippen molar-refractivity contribution in [2.75, 3.05) is 32.9 Å². The first-order valence-electron chi connectivity index (χ1n) is 11.8. The Morgan fingerprint density at radius 2 is 1.94 bits per heavy atom. The van der Waals surface area contributed by atoms with Gasteiger partial charge in [-0.25, -0.2) is 14.0 Å². The van der Waals surface area contributed by atoms with Gasteiger partial charge in [-0.05, 0) is 51.8 Å². The molecule has 1 saturated heterocycles. The second-order valence-corrected chi connectivity index (χ2v) is 9.45. The van der Waals surface area contributed by atoms with E-state index in [1.54, 1.807) is 44.7 Å². The van der Waals surface area contributed by atoms with Gasteiger partial charge in [0, 0.05) is 12.1 Å². The van der Waals surface area contributed by atoms with Crippen LogP contribution < -0.4 is 0 Å². The fraction of sp³-hybridized carbons (Fsp3) is 0.481. The zero-order valence-corrected chi connectivity index (χ0v) is 21.0. The van der Waals surface area contributed by atoms with Crippen LogP contribution in [0.4, 0.5) is 9.18 Å². The van der Waals surface area contributed by atoms with E-state index in [4.69, 9.17) is 18.9 Å². The van der Waals surface area contributed by atoms with Crippen LogP contribution in [-0.2, 0) is 23.7 Å². The highest BCUT2D eigenvalue weighted by Gasteiger charge is 2.36. The fourth-order valence-electron chi connectivity index (χ4n) is 3.99. The van der Waals surface area contributed by atoms with Crippen molar-refractivity contribution in [1.29, 1.82) is 0 Å². The number of morpholine rings is 1. The average molecular weight is 488 g/mol. The molecule has 2 unspecified atom stereocenters. The van der Waals surface area contributed by atoms with Crippen LogP contribution in [0.25, 0.3) is 11.1 Å². The van der Waals surface area contributed by atoms with Crippen LogP contribution in [0, 0.1) is 12.7 Å². The minimum atomic E-state index is -0.837. The van der Waals surface area contributed by atoms with Gasteiger partial charge in [0.05, 0.1) is 19.8 Å². The van der Waals surface area contributed by atoms with Crippen molar-refractivity contribution in [1.82, 2.24) is 4.90 Å². The second-order valence-electron chi connectivity index (χ2n) is 9.45. The van der Waals surface area contributed by atoms with Gasteiger partial charge < -0.3 is 23.8 Å². The third-order valence-electron chi connectivity index (χ3n) is 5.43. The third kappa shape index (κ3) is 7.26. The number of hydrogen-bond donors (Lipinski definition) is 0. The number of rotatable bonds is 7. The van der Waals surface area contributed by atoms with Gasteiger partial charge in [0.25, 0.3) is 0 Å². The Labute approximate surface area is 206 Å². The quantitative estimate of drug-likeness (QED) is 0.509. The van der Waals surface area contributed by atoms with Crippen molar-refractivity contribution in [2.45, 2.75) is 52.4 Å². The molecule has 0 radical (unpaired) electrons. The summed E-state index contributed by atoms with van der Waals surface area (Å²) < 4.78 is 37.8. The number of halogens is 1. The predicted molar refractivity (Wildman–Crippen MR) is 129 cm³/mol. The standard InChI is InChI=1S/C27H34FNO6/c1-6-32-23(30)17-34-25(22-16-29(13-14-33-22)26(31)35-27(3,4)5)20-11-8-12-21(28)24(20)19-10-7-9-18(2)15-19/h7-12,15,22,25H,6,13-14,16-17H2,1-5H3. The van der Waals surface area contributed by atoms with Crippen LogP contribution in [0.5, 0.6) is 0 Å². The maximum atomic E-state index is 15.2. The number of ether oxygens (including phenoxy) is 4. The lowest BCUT2D eigenvalue weighted by atomic mass is 9.92. The summed E-state index contributed by atoms with van der Waals surface area (Å²) in [5, 5.41) is 0. The molecule has 0 aromatic heterocycles. The SMILES string of the molecule is CCOC(=O)COC(c1cccc(F)c1-c1cccc(C)c1)C1CN(C(=O)OC(C)(C)C)CCO1. The second kappa shape index (κ2) is 11.6. The molecule has 1 aliphatic heterocycles. The van der Waals surface area contributed by atoms with Crippen LogP contribution in [-0.4, -0.2) is 61.6 Å². The van der Waals surface area contributed by atoms with E-state index in [0.29, 0.717) is 23.2 Å². The number of carbonyl (C=O) groups is 2. The lowest BCUT2D eigenvalue weighted by molar-refractivity contribution is -0.158. The largest absolute Gasteiger partial charge is 0.464 e. The maximum Gasteiger partial charge on any atom is 0.410 e. The molecule has 8 heteroatoms. The molecule has 3 rings (SSSR count). The Morgan fingerprint density at radius 3 is 2.63 bits per heavy atom. The molecule has 35 heavy (non-hydrogen) atoms. The molecule has 0 N–H and O–H groups in total. The van der Waals surface area contributed by atoms with Crippen LogP contribution in [0.1, 0.15) is 44.9 Å². The van der Waals surface area contributed by atoms with Crippen molar-refractivity contribution < 1.29 is 32.9 Å². The highest BCUT2D eigenvalue weighted by molar-refractivity contribution is 5.72. The molecule has 0 saturated carbocycles. The molecule has 0 spiro atoms. The Bertz CT molecular complexity index is 1030. The molecule has 1 heterocycles. The molecule has 1 amide bonds. The first-order valence-corrected chi connectivity index (χ1v) is 11.8. The number of esters is 1. The Balaban J connectivity index is 1.97. The lowest BCUT2D eigenvalue weighted by Crippen LogP contribution is -2.49. The number of benzene rings is 2. The zero-order chi connectivity index (χ0) is 25.6. The monoisotopic (exact) mass is 487 g/mol. The van der Waals surface area contributed by atoms with Crippen molar-refractivity contribution in [3.05, 3.63) is 59.4 Å². The van der Waals surface area contributed by atoms with Crippen LogP contribution in [0.3, 0.4) is 0 Å². The van der Waals surface area contributed by atoms with Crippen LogP contribution in [0.15, 0.2) is 42.5 Å². The highest BCUT2D eigenvalue weighted by atomic mass is 19.1. The number of aryl methyl sites for hydroxylation is 1. The molecule has 190 valence electrons. The van der Waals surface area contributed by atoms with E-state index in [1.807, 2.05) is 31.2 Å². The van der Waals surface area contributed by atoms with Gasteiger partial charge in [-0.15, -0.1) is 0 Å². The Kier molecular flexibility index (Phi) is 8.86. The molecule has 2 atom stereocenters. The van der Waals surface area contributed by atoms with Crippen molar-refractivity contribution in [3.8, 4) is 11.1 Å². The Hall–Kier alpha value is -2.97. The van der Waals surface area contributed by atoms with Gasteiger partial charge >= 0.3 is 12.1 Å². The smallest absolute Gasteiger partial charge is 0.410 e. The van der Waals surface area contributed by atoms with Crippen molar-refractivity contribution in [2.24, 2.45) is 0 Å². The van der Waals surface area contributed by atoms with E-state index in [0.717, 1.165) is 5.56 Å². The summed E-state index contributed by atoms with van der Waals surface area (Å²) >= 11 is 0. The van der Waals surface area contributed by atoms with E-state index < -0.39 is 35.7 Å². The molecule has 7 nitrogen and oxygen atoms in total. The molecule has 0 bridgehead atoms. The van der Waals surface area contributed by atoms with E-state index in [9.17, 15) is 9.59 Å². The summed E-state index contributed by atoms with van der Waals surface area (Å²) in [5.74, 6) is -0.955. The van der Waals surface area contributed by atoms with Gasteiger partial charge in [-0.3, -0.25) is 0 Å². The van der Waals surface area contributed by atoms with E-state index in [2.05, 4.69) is 0 Å². The average Bonchev–Trinajstić information content (AvgIpc) is 2.78. The number of nitrogens with zero attached hydrogens (tertiary/aromatic N) is 1. The number of carbonyl (C=O) groups excluding carboxylic acids is 2. The van der Waals surface area contributed by atoms with E-state index in [1.165, 1.54) is 6.07 Å². The third-order valence-corrected chi connectivity index (χ3v) is 5.43.